The fourth-order valence-electron chi connectivity index (χ4n) is 1.79. The zero-order valence-electron chi connectivity index (χ0n) is 11.9. The molecule has 1 aromatic heterocycles. The number of aliphatic hydroxyl groups excluding tert-OH is 1. The minimum atomic E-state index is -0.0502. The van der Waals surface area contributed by atoms with Crippen LogP contribution in [0.1, 0.15) is 38.8 Å². The molecule has 0 aliphatic rings. The van der Waals surface area contributed by atoms with Crippen LogP contribution in [-0.2, 0) is 11.2 Å². The highest BCUT2D eigenvalue weighted by molar-refractivity contribution is 5.75. The predicted molar refractivity (Wildman–Crippen MR) is 75.7 cm³/mol. The van der Waals surface area contributed by atoms with Gasteiger partial charge < -0.3 is 10.4 Å². The zero-order chi connectivity index (χ0) is 14.1. The van der Waals surface area contributed by atoms with Crippen molar-refractivity contribution in [2.45, 2.75) is 39.5 Å². The van der Waals surface area contributed by atoms with E-state index in [0.717, 1.165) is 18.5 Å². The van der Waals surface area contributed by atoms with Crippen molar-refractivity contribution in [3.05, 3.63) is 30.1 Å². The van der Waals surface area contributed by atoms with Crippen LogP contribution in [0.5, 0.6) is 0 Å². The molecular formula is C15H24N2O2. The van der Waals surface area contributed by atoms with Crippen LogP contribution < -0.4 is 5.32 Å². The predicted octanol–water partition coefficient (Wildman–Crippen LogP) is 1.93. The number of nitrogens with one attached hydrogen (secondary N) is 1. The Balaban J connectivity index is 2.18. The van der Waals surface area contributed by atoms with Crippen molar-refractivity contribution in [2.24, 2.45) is 5.41 Å². The SMILES string of the molecule is CC(C)(CCO)CNC(=O)CCCc1ccccn1. The molecule has 1 aromatic rings. The number of rotatable bonds is 8. The molecular weight excluding hydrogens is 240 g/mol. The average Bonchev–Trinajstić information content (AvgIpc) is 2.38. The second kappa shape index (κ2) is 7.89. The second-order valence-corrected chi connectivity index (χ2v) is 5.59. The lowest BCUT2D eigenvalue weighted by atomic mass is 9.90. The van der Waals surface area contributed by atoms with E-state index in [1.54, 1.807) is 6.20 Å². The number of pyridine rings is 1. The van der Waals surface area contributed by atoms with Gasteiger partial charge in [0.25, 0.3) is 0 Å². The van der Waals surface area contributed by atoms with Crippen LogP contribution in [0.3, 0.4) is 0 Å². The number of carbonyl (C=O) groups excluding carboxylic acids is 1. The molecule has 1 heterocycles. The van der Waals surface area contributed by atoms with Crippen LogP contribution in [0.2, 0.25) is 0 Å². The van der Waals surface area contributed by atoms with Crippen molar-refractivity contribution < 1.29 is 9.90 Å². The fraction of sp³-hybridized carbons (Fsp3) is 0.600. The molecule has 0 aliphatic heterocycles. The first kappa shape index (κ1) is 15.6. The van der Waals surface area contributed by atoms with Gasteiger partial charge in [-0.15, -0.1) is 0 Å². The summed E-state index contributed by atoms with van der Waals surface area (Å²) in [6.07, 6.45) is 4.62. The number of aliphatic hydroxyl groups is 1. The van der Waals surface area contributed by atoms with Gasteiger partial charge in [0, 0.05) is 31.5 Å². The van der Waals surface area contributed by atoms with Crippen LogP contribution in [-0.4, -0.2) is 29.1 Å². The topological polar surface area (TPSA) is 62.2 Å². The molecule has 0 atom stereocenters. The summed E-state index contributed by atoms with van der Waals surface area (Å²) in [6.45, 7) is 4.84. The quantitative estimate of drug-likeness (QED) is 0.754. The van der Waals surface area contributed by atoms with Crippen LogP contribution in [0.15, 0.2) is 24.4 Å². The van der Waals surface area contributed by atoms with Gasteiger partial charge in [-0.25, -0.2) is 0 Å². The first-order valence-corrected chi connectivity index (χ1v) is 6.81. The Morgan fingerprint density at radius 1 is 1.42 bits per heavy atom. The molecule has 0 spiro atoms. The Morgan fingerprint density at radius 2 is 2.21 bits per heavy atom. The van der Waals surface area contributed by atoms with Gasteiger partial charge in [0.1, 0.15) is 0 Å². The fourth-order valence-corrected chi connectivity index (χ4v) is 1.79. The van der Waals surface area contributed by atoms with Crippen molar-refractivity contribution in [1.82, 2.24) is 10.3 Å². The van der Waals surface area contributed by atoms with E-state index in [0.29, 0.717) is 19.4 Å². The number of aryl methyl sites for hydroxylation is 1. The smallest absolute Gasteiger partial charge is 0.220 e. The number of hydrogen-bond donors (Lipinski definition) is 2. The monoisotopic (exact) mass is 264 g/mol. The number of aromatic nitrogens is 1. The summed E-state index contributed by atoms with van der Waals surface area (Å²) in [7, 11) is 0. The third-order valence-electron chi connectivity index (χ3n) is 3.12. The summed E-state index contributed by atoms with van der Waals surface area (Å²) in [5.74, 6) is 0.0712. The molecule has 19 heavy (non-hydrogen) atoms. The van der Waals surface area contributed by atoms with Gasteiger partial charge in [-0.3, -0.25) is 9.78 Å². The highest BCUT2D eigenvalue weighted by atomic mass is 16.3. The second-order valence-electron chi connectivity index (χ2n) is 5.59. The van der Waals surface area contributed by atoms with E-state index in [1.165, 1.54) is 0 Å². The molecule has 1 amide bonds. The Hall–Kier alpha value is -1.42. The van der Waals surface area contributed by atoms with Gasteiger partial charge in [-0.2, -0.15) is 0 Å². The molecule has 0 bridgehead atoms. The minimum absolute atomic E-state index is 0.0502. The average molecular weight is 264 g/mol. The maximum Gasteiger partial charge on any atom is 0.220 e. The van der Waals surface area contributed by atoms with Crippen molar-refractivity contribution in [3.8, 4) is 0 Å². The van der Waals surface area contributed by atoms with E-state index in [4.69, 9.17) is 5.11 Å². The van der Waals surface area contributed by atoms with Crippen molar-refractivity contribution in [2.75, 3.05) is 13.2 Å². The standard InChI is InChI=1S/C15H24N2O2/c1-15(2,9-11-18)12-17-14(19)8-5-7-13-6-3-4-10-16-13/h3-4,6,10,18H,5,7-9,11-12H2,1-2H3,(H,17,19). The lowest BCUT2D eigenvalue weighted by Gasteiger charge is -2.23. The number of amides is 1. The van der Waals surface area contributed by atoms with Gasteiger partial charge in [-0.05, 0) is 36.8 Å². The van der Waals surface area contributed by atoms with Crippen LogP contribution in [0.4, 0.5) is 0 Å². The van der Waals surface area contributed by atoms with Gasteiger partial charge in [0.05, 0.1) is 0 Å². The highest BCUT2D eigenvalue weighted by Gasteiger charge is 2.17. The molecule has 0 aromatic carbocycles. The molecule has 0 unspecified atom stereocenters. The van der Waals surface area contributed by atoms with Crippen molar-refractivity contribution in [3.63, 3.8) is 0 Å². The van der Waals surface area contributed by atoms with Crippen LogP contribution in [0, 0.1) is 5.41 Å². The molecule has 0 aliphatic carbocycles. The van der Waals surface area contributed by atoms with Crippen molar-refractivity contribution >= 4 is 5.91 Å². The molecule has 0 saturated heterocycles. The van der Waals surface area contributed by atoms with Gasteiger partial charge in [0.15, 0.2) is 0 Å². The third-order valence-corrected chi connectivity index (χ3v) is 3.12. The summed E-state index contributed by atoms with van der Waals surface area (Å²) < 4.78 is 0. The number of carbonyl (C=O) groups is 1. The Kier molecular flexibility index (Phi) is 6.50. The summed E-state index contributed by atoms with van der Waals surface area (Å²) in [5.41, 5.74) is 0.974. The van der Waals surface area contributed by atoms with Gasteiger partial charge in [-0.1, -0.05) is 19.9 Å². The molecule has 0 radical (unpaired) electrons. The van der Waals surface area contributed by atoms with E-state index >= 15 is 0 Å². The van der Waals surface area contributed by atoms with E-state index < -0.39 is 0 Å². The normalized spacial score (nSPS) is 11.3. The van der Waals surface area contributed by atoms with Crippen LogP contribution in [0.25, 0.3) is 0 Å². The van der Waals surface area contributed by atoms with E-state index in [2.05, 4.69) is 10.3 Å². The summed E-state index contributed by atoms with van der Waals surface area (Å²) in [5, 5.41) is 11.8. The van der Waals surface area contributed by atoms with Crippen LogP contribution >= 0.6 is 0 Å². The molecule has 1 rings (SSSR count). The molecule has 2 N–H and O–H groups in total. The number of nitrogens with zero attached hydrogens (tertiary/aromatic N) is 1. The molecule has 0 fully saturated rings. The van der Waals surface area contributed by atoms with E-state index in [-0.39, 0.29) is 17.9 Å². The summed E-state index contributed by atoms with van der Waals surface area (Å²) in [4.78, 5) is 15.9. The zero-order valence-corrected chi connectivity index (χ0v) is 11.9. The Morgan fingerprint density at radius 3 is 2.84 bits per heavy atom. The minimum Gasteiger partial charge on any atom is -0.396 e. The molecule has 0 saturated carbocycles. The first-order chi connectivity index (χ1) is 9.03. The molecule has 4 heteroatoms. The Labute approximate surface area is 115 Å². The molecule has 106 valence electrons. The van der Waals surface area contributed by atoms with Gasteiger partial charge >= 0.3 is 0 Å². The van der Waals surface area contributed by atoms with Gasteiger partial charge in [0.2, 0.25) is 5.91 Å². The summed E-state index contributed by atoms with van der Waals surface area (Å²) >= 11 is 0. The highest BCUT2D eigenvalue weighted by Crippen LogP contribution is 2.17. The largest absolute Gasteiger partial charge is 0.396 e. The maximum atomic E-state index is 11.7. The number of hydrogen-bond acceptors (Lipinski definition) is 3. The summed E-state index contributed by atoms with van der Waals surface area (Å²) in [6, 6.07) is 5.82. The first-order valence-electron chi connectivity index (χ1n) is 6.81. The lowest BCUT2D eigenvalue weighted by molar-refractivity contribution is -0.121. The maximum absolute atomic E-state index is 11.7. The molecule has 4 nitrogen and oxygen atoms in total. The van der Waals surface area contributed by atoms with Crippen molar-refractivity contribution in [1.29, 1.82) is 0 Å². The van der Waals surface area contributed by atoms with E-state index in [1.807, 2.05) is 32.0 Å². The van der Waals surface area contributed by atoms with E-state index in [9.17, 15) is 4.79 Å². The lowest BCUT2D eigenvalue weighted by Crippen LogP contribution is -2.34. The third kappa shape index (κ3) is 6.91. The Bertz CT molecular complexity index is 377.